The number of carbonyl (C=O) groups excluding carboxylic acids is 1. The molecule has 0 radical (unpaired) electrons. The molecule has 0 bridgehead atoms. The highest BCUT2D eigenvalue weighted by molar-refractivity contribution is 5.90. The number of rotatable bonds is 3. The lowest BCUT2D eigenvalue weighted by Gasteiger charge is -2.24. The number of hydrogen-bond donors (Lipinski definition) is 0. The zero-order valence-electron chi connectivity index (χ0n) is 11.2. The van der Waals surface area contributed by atoms with Crippen molar-refractivity contribution in [3.05, 3.63) is 29.7 Å². The molecule has 0 aromatic carbocycles. The first-order chi connectivity index (χ1) is 9.24. The largest absolute Gasteiger partial charge is 0.461 e. The van der Waals surface area contributed by atoms with E-state index in [1.165, 1.54) is 17.6 Å². The maximum atomic E-state index is 11.8. The van der Waals surface area contributed by atoms with Crippen LogP contribution in [-0.2, 0) is 9.63 Å². The van der Waals surface area contributed by atoms with Crippen molar-refractivity contribution in [2.24, 2.45) is 5.92 Å². The molecule has 1 saturated carbocycles. The van der Waals surface area contributed by atoms with Gasteiger partial charge in [-0.2, -0.15) is 0 Å². The first-order valence-electron chi connectivity index (χ1n) is 6.96. The molecule has 4 heteroatoms. The van der Waals surface area contributed by atoms with Crippen molar-refractivity contribution in [2.45, 2.75) is 32.1 Å². The minimum Gasteiger partial charge on any atom is -0.461 e. The Hall–Kier alpha value is -1.55. The highest BCUT2D eigenvalue weighted by Gasteiger charge is 2.36. The topological polar surface area (TPSA) is 42.7 Å². The molecule has 2 atom stereocenters. The molecule has 1 aromatic rings. The predicted molar refractivity (Wildman–Crippen MR) is 71.2 cm³/mol. The number of carbonyl (C=O) groups is 1. The molecule has 1 amide bonds. The van der Waals surface area contributed by atoms with E-state index in [1.54, 1.807) is 6.08 Å². The van der Waals surface area contributed by atoms with Crippen LogP contribution in [0.4, 0.5) is 0 Å². The molecule has 2 unspecified atom stereocenters. The molecule has 0 N–H and O–H groups in total. The van der Waals surface area contributed by atoms with Gasteiger partial charge in [-0.25, -0.2) is 5.06 Å². The quantitative estimate of drug-likeness (QED) is 0.786. The molecule has 19 heavy (non-hydrogen) atoms. The smallest absolute Gasteiger partial charge is 0.270 e. The average Bonchev–Trinajstić information content (AvgIpc) is 3.00. The minimum atomic E-state index is -0.113. The maximum Gasteiger partial charge on any atom is 0.270 e. The lowest BCUT2D eigenvalue weighted by molar-refractivity contribution is -0.191. The Morgan fingerprint density at radius 2 is 2.26 bits per heavy atom. The van der Waals surface area contributed by atoms with Gasteiger partial charge in [-0.3, -0.25) is 9.63 Å². The summed E-state index contributed by atoms with van der Waals surface area (Å²) in [6.45, 7) is 3.52. The van der Waals surface area contributed by atoms with Crippen molar-refractivity contribution < 1.29 is 14.0 Å². The Morgan fingerprint density at radius 3 is 2.95 bits per heavy atom. The molecule has 0 spiro atoms. The second-order valence-corrected chi connectivity index (χ2v) is 5.37. The van der Waals surface area contributed by atoms with Crippen LogP contribution in [0.5, 0.6) is 0 Å². The Morgan fingerprint density at radius 1 is 1.42 bits per heavy atom. The number of hydroxylamine groups is 2. The Balaban J connectivity index is 1.59. The second kappa shape index (κ2) is 5.21. The van der Waals surface area contributed by atoms with Gasteiger partial charge in [0.2, 0.25) is 0 Å². The molecule has 1 aromatic heterocycles. The highest BCUT2D eigenvalue weighted by Crippen LogP contribution is 2.47. The molecular formula is C15H19NO3. The fourth-order valence-electron chi connectivity index (χ4n) is 2.38. The van der Waals surface area contributed by atoms with Crippen molar-refractivity contribution in [2.75, 3.05) is 13.2 Å². The van der Waals surface area contributed by atoms with Crippen LogP contribution in [-0.4, -0.2) is 24.1 Å². The summed E-state index contributed by atoms with van der Waals surface area (Å²) in [5.74, 6) is 2.96. The van der Waals surface area contributed by atoms with Crippen LogP contribution in [0.3, 0.4) is 0 Å². The summed E-state index contributed by atoms with van der Waals surface area (Å²) < 4.78 is 5.72. The van der Waals surface area contributed by atoms with Crippen molar-refractivity contribution in [1.82, 2.24) is 5.06 Å². The van der Waals surface area contributed by atoms with Crippen molar-refractivity contribution in [3.63, 3.8) is 0 Å². The molecule has 2 heterocycles. The molecule has 4 nitrogen and oxygen atoms in total. The Bertz CT molecular complexity index is 485. The van der Waals surface area contributed by atoms with E-state index < -0.39 is 0 Å². The van der Waals surface area contributed by atoms with Gasteiger partial charge in [-0.05, 0) is 43.4 Å². The summed E-state index contributed by atoms with van der Waals surface area (Å²) in [5.41, 5.74) is 0. The molecule has 2 fully saturated rings. The summed E-state index contributed by atoms with van der Waals surface area (Å²) in [6, 6.07) is 3.93. The third-order valence-electron chi connectivity index (χ3n) is 3.76. The van der Waals surface area contributed by atoms with Gasteiger partial charge in [0.05, 0.1) is 6.61 Å². The monoisotopic (exact) mass is 261 g/mol. The van der Waals surface area contributed by atoms with Crippen LogP contribution in [0, 0.1) is 5.92 Å². The van der Waals surface area contributed by atoms with E-state index in [0.29, 0.717) is 19.1 Å². The fraction of sp³-hybridized carbons (Fsp3) is 0.533. The summed E-state index contributed by atoms with van der Waals surface area (Å²) in [5, 5.41) is 1.42. The van der Waals surface area contributed by atoms with Gasteiger partial charge >= 0.3 is 0 Å². The minimum absolute atomic E-state index is 0.113. The molecule has 1 saturated heterocycles. The highest BCUT2D eigenvalue weighted by atomic mass is 16.7. The van der Waals surface area contributed by atoms with E-state index in [0.717, 1.165) is 30.3 Å². The van der Waals surface area contributed by atoms with Crippen molar-refractivity contribution in [3.8, 4) is 0 Å². The number of hydrogen-bond acceptors (Lipinski definition) is 3. The SMILES string of the molecule is CC1CC1c1ccc(/C=C/C(=O)N2CCCCO2)o1. The van der Waals surface area contributed by atoms with Gasteiger partial charge < -0.3 is 4.42 Å². The first kappa shape index (κ1) is 12.5. The van der Waals surface area contributed by atoms with E-state index >= 15 is 0 Å². The standard InChI is InChI=1S/C15H19NO3/c1-11-10-13(11)14-6-4-12(19-14)5-7-15(17)16-8-2-3-9-18-16/h4-7,11,13H,2-3,8-10H2,1H3/b7-5+. The van der Waals surface area contributed by atoms with Crippen molar-refractivity contribution in [1.29, 1.82) is 0 Å². The predicted octanol–water partition coefficient (Wildman–Crippen LogP) is 2.97. The van der Waals surface area contributed by atoms with Crippen LogP contribution >= 0.6 is 0 Å². The van der Waals surface area contributed by atoms with E-state index in [4.69, 9.17) is 9.25 Å². The number of furan rings is 1. The average molecular weight is 261 g/mol. The van der Waals surface area contributed by atoms with Gasteiger partial charge in [0.1, 0.15) is 11.5 Å². The number of nitrogens with zero attached hydrogens (tertiary/aromatic N) is 1. The van der Waals surface area contributed by atoms with E-state index in [1.807, 2.05) is 12.1 Å². The summed E-state index contributed by atoms with van der Waals surface area (Å²) in [4.78, 5) is 17.1. The van der Waals surface area contributed by atoms with Crippen LogP contribution in [0.15, 0.2) is 22.6 Å². The fourth-order valence-corrected chi connectivity index (χ4v) is 2.38. The molecule has 102 valence electrons. The third-order valence-corrected chi connectivity index (χ3v) is 3.76. The zero-order chi connectivity index (χ0) is 13.2. The normalized spacial score (nSPS) is 26.9. The van der Waals surface area contributed by atoms with Gasteiger partial charge in [0, 0.05) is 18.5 Å². The second-order valence-electron chi connectivity index (χ2n) is 5.37. The van der Waals surface area contributed by atoms with Crippen molar-refractivity contribution >= 4 is 12.0 Å². The van der Waals surface area contributed by atoms with Gasteiger partial charge in [0.15, 0.2) is 0 Å². The molecule has 2 aliphatic rings. The van der Waals surface area contributed by atoms with Crippen LogP contribution in [0.2, 0.25) is 0 Å². The molecular weight excluding hydrogens is 242 g/mol. The lowest BCUT2D eigenvalue weighted by Crippen LogP contribution is -2.34. The summed E-state index contributed by atoms with van der Waals surface area (Å²) >= 11 is 0. The van der Waals surface area contributed by atoms with Crippen LogP contribution in [0.1, 0.15) is 43.6 Å². The Labute approximate surface area is 113 Å². The molecule has 1 aliphatic carbocycles. The van der Waals surface area contributed by atoms with Gasteiger partial charge in [-0.15, -0.1) is 0 Å². The summed E-state index contributed by atoms with van der Waals surface area (Å²) in [6.07, 6.45) is 6.47. The lowest BCUT2D eigenvalue weighted by atomic mass is 10.3. The third kappa shape index (κ3) is 2.89. The van der Waals surface area contributed by atoms with E-state index in [-0.39, 0.29) is 5.91 Å². The maximum absolute atomic E-state index is 11.8. The van der Waals surface area contributed by atoms with Crippen LogP contribution < -0.4 is 0 Å². The molecule has 1 aliphatic heterocycles. The molecule has 3 rings (SSSR count). The van der Waals surface area contributed by atoms with Crippen LogP contribution in [0.25, 0.3) is 6.08 Å². The Kier molecular flexibility index (Phi) is 3.42. The number of amides is 1. The van der Waals surface area contributed by atoms with E-state index in [2.05, 4.69) is 6.92 Å². The first-order valence-corrected chi connectivity index (χ1v) is 6.96. The van der Waals surface area contributed by atoms with Gasteiger partial charge in [0.25, 0.3) is 5.91 Å². The van der Waals surface area contributed by atoms with E-state index in [9.17, 15) is 4.79 Å². The zero-order valence-corrected chi connectivity index (χ0v) is 11.2. The van der Waals surface area contributed by atoms with Gasteiger partial charge in [-0.1, -0.05) is 6.92 Å². The summed E-state index contributed by atoms with van der Waals surface area (Å²) in [7, 11) is 0.